The number of rotatable bonds is 9. The van der Waals surface area contributed by atoms with Gasteiger partial charge in [-0.2, -0.15) is 0 Å². The zero-order valence-electron chi connectivity index (χ0n) is 14.6. The zero-order chi connectivity index (χ0) is 17.2. The Hall–Kier alpha value is -1.84. The number of esters is 2. The van der Waals surface area contributed by atoms with E-state index in [0.717, 1.165) is 25.7 Å². The molecule has 0 aromatic heterocycles. The second-order valence-corrected chi connectivity index (χ2v) is 6.18. The first-order chi connectivity index (χ1) is 11.0. The Balaban J connectivity index is 2.74. The molecule has 0 aliphatic carbocycles. The maximum Gasteiger partial charge on any atom is 0.338 e. The van der Waals surface area contributed by atoms with Gasteiger partial charge in [0.25, 0.3) is 0 Å². The first-order valence-electron chi connectivity index (χ1n) is 8.46. The maximum atomic E-state index is 12.3. The standard InChI is InChI=1S/C19H28O4/c1-5-8-17(9-6-2)23-19(21)16-11-7-10-15(12-16)18(20)22-13-14(3)4/h7,10-12,14,17H,5-6,8-9,13H2,1-4H3. The van der Waals surface area contributed by atoms with Crippen molar-refractivity contribution in [3.63, 3.8) is 0 Å². The van der Waals surface area contributed by atoms with Crippen LogP contribution < -0.4 is 0 Å². The molecule has 0 N–H and O–H groups in total. The van der Waals surface area contributed by atoms with Crippen molar-refractivity contribution in [1.29, 1.82) is 0 Å². The quantitative estimate of drug-likeness (QED) is 0.623. The average molecular weight is 320 g/mol. The molecule has 1 aromatic rings. The number of hydrogen-bond acceptors (Lipinski definition) is 4. The summed E-state index contributed by atoms with van der Waals surface area (Å²) < 4.78 is 10.8. The number of benzene rings is 1. The van der Waals surface area contributed by atoms with Gasteiger partial charge >= 0.3 is 11.9 Å². The van der Waals surface area contributed by atoms with E-state index in [-0.39, 0.29) is 18.0 Å². The first kappa shape index (κ1) is 19.2. The van der Waals surface area contributed by atoms with Crippen LogP contribution >= 0.6 is 0 Å². The van der Waals surface area contributed by atoms with Crippen molar-refractivity contribution in [3.05, 3.63) is 35.4 Å². The molecule has 0 bridgehead atoms. The van der Waals surface area contributed by atoms with E-state index in [4.69, 9.17) is 9.47 Å². The van der Waals surface area contributed by atoms with Gasteiger partial charge in [0, 0.05) is 0 Å². The predicted molar refractivity (Wildman–Crippen MR) is 90.6 cm³/mol. The van der Waals surface area contributed by atoms with Crippen molar-refractivity contribution >= 4 is 11.9 Å². The van der Waals surface area contributed by atoms with E-state index in [1.165, 1.54) is 0 Å². The normalized spacial score (nSPS) is 10.9. The molecule has 1 rings (SSSR count). The minimum absolute atomic E-state index is 0.0611. The maximum absolute atomic E-state index is 12.3. The first-order valence-corrected chi connectivity index (χ1v) is 8.46. The van der Waals surface area contributed by atoms with Gasteiger partial charge in [-0.1, -0.05) is 46.6 Å². The summed E-state index contributed by atoms with van der Waals surface area (Å²) >= 11 is 0. The van der Waals surface area contributed by atoms with Crippen molar-refractivity contribution in [2.45, 2.75) is 59.5 Å². The molecule has 23 heavy (non-hydrogen) atoms. The van der Waals surface area contributed by atoms with Crippen molar-refractivity contribution in [3.8, 4) is 0 Å². The van der Waals surface area contributed by atoms with Crippen molar-refractivity contribution in [1.82, 2.24) is 0 Å². The van der Waals surface area contributed by atoms with Gasteiger partial charge in [-0.15, -0.1) is 0 Å². The third kappa shape index (κ3) is 6.85. The van der Waals surface area contributed by atoms with Gasteiger partial charge in [0.05, 0.1) is 17.7 Å². The van der Waals surface area contributed by atoms with Crippen molar-refractivity contribution in [2.75, 3.05) is 6.61 Å². The number of hydrogen-bond donors (Lipinski definition) is 0. The highest BCUT2D eigenvalue weighted by molar-refractivity contribution is 5.95. The van der Waals surface area contributed by atoms with Crippen LogP contribution in [0.3, 0.4) is 0 Å². The summed E-state index contributed by atoms with van der Waals surface area (Å²) in [6, 6.07) is 6.53. The molecule has 0 spiro atoms. The van der Waals surface area contributed by atoms with Crippen LogP contribution in [0.2, 0.25) is 0 Å². The summed E-state index contributed by atoms with van der Waals surface area (Å²) in [7, 11) is 0. The van der Waals surface area contributed by atoms with Gasteiger partial charge in [0.2, 0.25) is 0 Å². The molecular weight excluding hydrogens is 292 g/mol. The molecule has 0 atom stereocenters. The minimum atomic E-state index is -0.410. The van der Waals surface area contributed by atoms with Gasteiger partial charge in [-0.25, -0.2) is 9.59 Å². The largest absolute Gasteiger partial charge is 0.462 e. The Morgan fingerprint density at radius 2 is 1.57 bits per heavy atom. The highest BCUT2D eigenvalue weighted by atomic mass is 16.5. The minimum Gasteiger partial charge on any atom is -0.462 e. The van der Waals surface area contributed by atoms with E-state index in [2.05, 4.69) is 13.8 Å². The van der Waals surface area contributed by atoms with E-state index in [1.807, 2.05) is 13.8 Å². The van der Waals surface area contributed by atoms with E-state index in [9.17, 15) is 9.59 Å². The predicted octanol–water partition coefficient (Wildman–Crippen LogP) is 4.63. The lowest BCUT2D eigenvalue weighted by atomic mass is 10.1. The van der Waals surface area contributed by atoms with Crippen molar-refractivity contribution in [2.24, 2.45) is 5.92 Å². The van der Waals surface area contributed by atoms with Crippen LogP contribution in [0.25, 0.3) is 0 Å². The summed E-state index contributed by atoms with van der Waals surface area (Å²) in [6.07, 6.45) is 3.60. The fourth-order valence-corrected chi connectivity index (χ4v) is 2.22. The van der Waals surface area contributed by atoms with E-state index in [1.54, 1.807) is 24.3 Å². The second kappa shape index (κ2) is 10.0. The topological polar surface area (TPSA) is 52.6 Å². The van der Waals surface area contributed by atoms with Gasteiger partial charge in [0.15, 0.2) is 0 Å². The Labute approximate surface area is 139 Å². The SMILES string of the molecule is CCCC(CCC)OC(=O)c1cccc(C(=O)OCC(C)C)c1. The molecule has 0 aliphatic heterocycles. The van der Waals surface area contributed by atoms with Gasteiger partial charge in [-0.05, 0) is 37.0 Å². The van der Waals surface area contributed by atoms with Crippen LogP contribution in [0.15, 0.2) is 24.3 Å². The number of carbonyl (C=O) groups excluding carboxylic acids is 2. The van der Waals surface area contributed by atoms with Crippen LogP contribution in [0.4, 0.5) is 0 Å². The second-order valence-electron chi connectivity index (χ2n) is 6.18. The Morgan fingerprint density at radius 3 is 2.09 bits per heavy atom. The molecular formula is C19H28O4. The summed E-state index contributed by atoms with van der Waals surface area (Å²) in [6.45, 7) is 8.46. The fourth-order valence-electron chi connectivity index (χ4n) is 2.22. The van der Waals surface area contributed by atoms with Gasteiger partial charge in [-0.3, -0.25) is 0 Å². The molecule has 0 heterocycles. The molecule has 0 saturated heterocycles. The highest BCUT2D eigenvalue weighted by Gasteiger charge is 2.17. The molecule has 4 nitrogen and oxygen atoms in total. The van der Waals surface area contributed by atoms with Crippen LogP contribution in [0.1, 0.15) is 74.1 Å². The summed E-state index contributed by atoms with van der Waals surface area (Å²) in [4.78, 5) is 24.2. The van der Waals surface area contributed by atoms with Crippen LogP contribution in [0.5, 0.6) is 0 Å². The molecule has 128 valence electrons. The summed E-state index contributed by atoms with van der Waals surface area (Å²) in [5.41, 5.74) is 0.767. The van der Waals surface area contributed by atoms with Crippen molar-refractivity contribution < 1.29 is 19.1 Å². The van der Waals surface area contributed by atoms with Crippen LogP contribution in [-0.4, -0.2) is 24.6 Å². The van der Waals surface area contributed by atoms with Gasteiger partial charge in [0.1, 0.15) is 6.10 Å². The zero-order valence-corrected chi connectivity index (χ0v) is 14.6. The molecule has 0 unspecified atom stereocenters. The lowest BCUT2D eigenvalue weighted by Gasteiger charge is -2.16. The highest BCUT2D eigenvalue weighted by Crippen LogP contribution is 2.14. The lowest BCUT2D eigenvalue weighted by Crippen LogP contribution is -2.18. The van der Waals surface area contributed by atoms with E-state index >= 15 is 0 Å². The molecule has 4 heteroatoms. The molecule has 0 aliphatic rings. The Morgan fingerprint density at radius 1 is 1.00 bits per heavy atom. The third-order valence-corrected chi connectivity index (χ3v) is 3.38. The monoisotopic (exact) mass is 320 g/mol. The molecule has 1 aromatic carbocycles. The Bertz CT molecular complexity index is 502. The smallest absolute Gasteiger partial charge is 0.338 e. The number of ether oxygens (including phenoxy) is 2. The Kier molecular flexibility index (Phi) is 8.38. The van der Waals surface area contributed by atoms with E-state index < -0.39 is 5.97 Å². The summed E-state index contributed by atoms with van der Waals surface area (Å²) in [5.74, 6) is -0.515. The molecule has 0 fully saturated rings. The van der Waals surface area contributed by atoms with Crippen LogP contribution in [0, 0.1) is 5.92 Å². The molecule has 0 radical (unpaired) electrons. The summed E-state index contributed by atoms with van der Waals surface area (Å²) in [5, 5.41) is 0. The van der Waals surface area contributed by atoms with Crippen LogP contribution in [-0.2, 0) is 9.47 Å². The average Bonchev–Trinajstić information content (AvgIpc) is 2.53. The van der Waals surface area contributed by atoms with E-state index in [0.29, 0.717) is 17.7 Å². The molecule has 0 saturated carbocycles. The van der Waals surface area contributed by atoms with Gasteiger partial charge < -0.3 is 9.47 Å². The number of carbonyl (C=O) groups is 2. The fraction of sp³-hybridized carbons (Fsp3) is 0.579. The third-order valence-electron chi connectivity index (χ3n) is 3.38. The molecule has 0 amide bonds. The lowest BCUT2D eigenvalue weighted by molar-refractivity contribution is 0.0258.